The van der Waals surface area contributed by atoms with E-state index in [4.69, 9.17) is 0 Å². The van der Waals surface area contributed by atoms with Crippen LogP contribution in [0.1, 0.15) is 41.5 Å². The van der Waals surface area contributed by atoms with Crippen LogP contribution in [0.15, 0.2) is 36.5 Å². The Morgan fingerprint density at radius 3 is 0.867 bits per heavy atom. The summed E-state index contributed by atoms with van der Waals surface area (Å²) >= 11 is 0. The fraction of sp³-hybridized carbons (Fsp3) is 0.571. The molecule has 6 nitrogen and oxygen atoms in total. The molecule has 0 unspecified atom stereocenters. The average molecular weight is 442 g/mol. The first-order valence-electron chi connectivity index (χ1n) is 9.51. The van der Waals surface area contributed by atoms with E-state index in [-0.39, 0.29) is 31.5 Å². The summed E-state index contributed by atoms with van der Waals surface area (Å²) in [5.41, 5.74) is 0. The van der Waals surface area contributed by atoms with Gasteiger partial charge in [-0.25, -0.2) is 0 Å². The predicted octanol–water partition coefficient (Wildman–Crippen LogP) is 2.68. The molecule has 0 radical (unpaired) electrons. The van der Waals surface area contributed by atoms with E-state index in [0.717, 1.165) is 19.6 Å². The second kappa shape index (κ2) is 37.6. The Bertz CT molecular complexity index is 403. The van der Waals surface area contributed by atoms with Crippen molar-refractivity contribution in [3.05, 3.63) is 36.5 Å². The molecule has 0 aromatic heterocycles. The highest BCUT2D eigenvalue weighted by Gasteiger charge is 1.91. The zero-order valence-electron chi connectivity index (χ0n) is 19.2. The van der Waals surface area contributed by atoms with Crippen molar-refractivity contribution in [2.45, 2.75) is 41.5 Å². The van der Waals surface area contributed by atoms with E-state index in [9.17, 15) is 14.4 Å². The number of hydrogen-bond acceptors (Lipinski definition) is 6. The van der Waals surface area contributed by atoms with E-state index in [2.05, 4.69) is 16.0 Å². The lowest BCUT2D eigenvalue weighted by Gasteiger charge is -1.93. The van der Waals surface area contributed by atoms with E-state index in [1.54, 1.807) is 36.5 Å². The minimum Gasteiger partial charge on any atom is -0.310 e. The summed E-state index contributed by atoms with van der Waals surface area (Å²) < 4.78 is 0. The zero-order valence-corrected chi connectivity index (χ0v) is 19.2. The fourth-order valence-corrected chi connectivity index (χ4v) is 1.48. The number of hydrogen-bond donors (Lipinski definition) is 3. The molecule has 0 rings (SSSR count). The maximum absolute atomic E-state index is 10.7. The van der Waals surface area contributed by atoms with Crippen molar-refractivity contribution in [1.29, 1.82) is 0 Å². The van der Waals surface area contributed by atoms with Gasteiger partial charge in [0.05, 0.1) is 19.6 Å². The van der Waals surface area contributed by atoms with E-state index >= 15 is 0 Å². The van der Waals surface area contributed by atoms with E-state index < -0.39 is 0 Å². The Labute approximate surface area is 179 Å². The first kappa shape index (κ1) is 42.1. The predicted molar refractivity (Wildman–Crippen MR) is 123 cm³/mol. The van der Waals surface area contributed by atoms with Gasteiger partial charge in [0, 0.05) is 0 Å². The largest absolute Gasteiger partial charge is 0.310 e. The molecule has 0 fully saturated rings. The monoisotopic (exact) mass is 441 g/mol. The van der Waals surface area contributed by atoms with Crippen LogP contribution in [-0.4, -0.2) is 56.6 Å². The topological polar surface area (TPSA) is 87.3 Å². The lowest BCUT2D eigenvalue weighted by atomic mass is 10.3. The van der Waals surface area contributed by atoms with E-state index in [1.807, 2.05) is 41.5 Å². The first-order chi connectivity index (χ1) is 12.9. The van der Waals surface area contributed by atoms with Crippen LogP contribution in [0.5, 0.6) is 0 Å². The molecular formula is C21H42F3N3O3. The molecule has 0 aromatic carbocycles. The molecule has 0 saturated carbocycles. The van der Waals surface area contributed by atoms with Crippen LogP contribution in [0.3, 0.4) is 0 Å². The van der Waals surface area contributed by atoms with Crippen LogP contribution in [-0.2, 0) is 14.4 Å². The molecule has 0 aliphatic heterocycles. The summed E-state index contributed by atoms with van der Waals surface area (Å²) in [7, 11) is 0. The summed E-state index contributed by atoms with van der Waals surface area (Å²) in [6.45, 7) is 15.4. The Balaban J connectivity index is -0.0000000686. The second-order valence-corrected chi connectivity index (χ2v) is 5.24. The Kier molecular flexibility index (Phi) is 52.8. The van der Waals surface area contributed by atoms with Crippen molar-refractivity contribution in [3.8, 4) is 0 Å². The smallest absolute Gasteiger partial charge is 0.169 e. The van der Waals surface area contributed by atoms with E-state index in [1.165, 1.54) is 0 Å². The van der Waals surface area contributed by atoms with Gasteiger partial charge in [0.25, 0.3) is 0 Å². The van der Waals surface area contributed by atoms with E-state index in [0.29, 0.717) is 19.6 Å². The Morgan fingerprint density at radius 2 is 0.733 bits per heavy atom. The van der Waals surface area contributed by atoms with Crippen molar-refractivity contribution in [2.24, 2.45) is 0 Å². The molecule has 30 heavy (non-hydrogen) atoms. The number of allylic oxidation sites excluding steroid dienone is 3. The number of rotatable bonds is 12. The molecule has 0 atom stereocenters. The molecule has 0 heterocycles. The SMILES string of the molecule is C/C=C/C(=O)CNCC.C/C=C/C(=O)CNCC.C/C=C/C(=O)CNCC.F.F.F. The molecule has 0 aliphatic rings. The average Bonchev–Trinajstić information content (AvgIpc) is 2.65. The van der Waals surface area contributed by atoms with Crippen molar-refractivity contribution < 1.29 is 28.5 Å². The third-order valence-electron chi connectivity index (χ3n) is 2.71. The summed E-state index contributed by atoms with van der Waals surface area (Å²) in [5.74, 6) is 0.415. The van der Waals surface area contributed by atoms with Crippen LogP contribution >= 0.6 is 0 Å². The minimum atomic E-state index is 0. The normalized spacial score (nSPS) is 9.40. The van der Waals surface area contributed by atoms with Crippen LogP contribution < -0.4 is 16.0 Å². The lowest BCUT2D eigenvalue weighted by Crippen LogP contribution is -2.20. The van der Waals surface area contributed by atoms with Gasteiger partial charge in [0.2, 0.25) is 0 Å². The van der Waals surface area contributed by atoms with Crippen LogP contribution in [0.2, 0.25) is 0 Å². The van der Waals surface area contributed by atoms with Gasteiger partial charge in [-0.05, 0) is 58.6 Å². The molecule has 0 bridgehead atoms. The number of ketones is 3. The van der Waals surface area contributed by atoms with Gasteiger partial charge in [-0.2, -0.15) is 0 Å². The molecular weight excluding hydrogens is 399 g/mol. The molecule has 0 saturated heterocycles. The van der Waals surface area contributed by atoms with Crippen LogP contribution in [0, 0.1) is 0 Å². The standard InChI is InChI=1S/3C7H13NO.3FH/c3*1-3-5-7(9)6-8-4-2;;;/h3*3,5,8H,4,6H2,1-2H3;3*1H/b3*5-3+;;;. The second-order valence-electron chi connectivity index (χ2n) is 5.24. The maximum atomic E-state index is 10.7. The summed E-state index contributed by atoms with van der Waals surface area (Å²) in [4.78, 5) is 32.0. The molecule has 0 spiro atoms. The van der Waals surface area contributed by atoms with Crippen molar-refractivity contribution in [2.75, 3.05) is 39.3 Å². The summed E-state index contributed by atoms with van der Waals surface area (Å²) in [5, 5.41) is 8.80. The molecule has 3 N–H and O–H groups in total. The lowest BCUT2D eigenvalue weighted by molar-refractivity contribution is -0.114. The van der Waals surface area contributed by atoms with Gasteiger partial charge in [-0.1, -0.05) is 39.0 Å². The number of carbonyl (C=O) groups excluding carboxylic acids is 3. The number of halogens is 3. The van der Waals surface area contributed by atoms with Crippen molar-refractivity contribution >= 4 is 17.3 Å². The fourth-order valence-electron chi connectivity index (χ4n) is 1.48. The third-order valence-corrected chi connectivity index (χ3v) is 2.71. The molecule has 0 amide bonds. The van der Waals surface area contributed by atoms with Crippen LogP contribution in [0.25, 0.3) is 0 Å². The number of carbonyl (C=O) groups is 3. The molecule has 180 valence electrons. The highest BCUT2D eigenvalue weighted by molar-refractivity contribution is 5.91. The van der Waals surface area contributed by atoms with Gasteiger partial charge in [-0.15, -0.1) is 0 Å². The van der Waals surface area contributed by atoms with Gasteiger partial charge in [0.15, 0.2) is 17.3 Å². The van der Waals surface area contributed by atoms with Gasteiger partial charge in [-0.3, -0.25) is 28.5 Å². The van der Waals surface area contributed by atoms with Crippen molar-refractivity contribution in [1.82, 2.24) is 16.0 Å². The maximum Gasteiger partial charge on any atom is 0.169 e. The molecule has 0 aliphatic carbocycles. The minimum absolute atomic E-state index is 0. The Hall–Kier alpha value is -2.10. The molecule has 9 heteroatoms. The van der Waals surface area contributed by atoms with Gasteiger partial charge < -0.3 is 16.0 Å². The Morgan fingerprint density at radius 1 is 0.533 bits per heavy atom. The zero-order chi connectivity index (χ0) is 21.3. The number of likely N-dealkylation sites (N-methyl/N-ethyl adjacent to an activating group) is 3. The summed E-state index contributed by atoms with van der Waals surface area (Å²) in [6.07, 6.45) is 9.97. The highest BCUT2D eigenvalue weighted by Crippen LogP contribution is 1.74. The van der Waals surface area contributed by atoms with Gasteiger partial charge in [0.1, 0.15) is 0 Å². The van der Waals surface area contributed by atoms with Crippen LogP contribution in [0.4, 0.5) is 14.1 Å². The molecule has 0 aromatic rings. The number of nitrogens with one attached hydrogen (secondary N) is 3. The summed E-state index contributed by atoms with van der Waals surface area (Å²) in [6, 6.07) is 0. The van der Waals surface area contributed by atoms with Crippen molar-refractivity contribution in [3.63, 3.8) is 0 Å². The highest BCUT2D eigenvalue weighted by atomic mass is 19.0. The van der Waals surface area contributed by atoms with Gasteiger partial charge >= 0.3 is 0 Å². The third kappa shape index (κ3) is 45.0. The first-order valence-corrected chi connectivity index (χ1v) is 9.51. The quantitative estimate of drug-likeness (QED) is 0.404.